The van der Waals surface area contributed by atoms with E-state index in [-0.39, 0.29) is 11.6 Å². The van der Waals surface area contributed by atoms with Gasteiger partial charge in [0.05, 0.1) is 0 Å². The molecule has 2 rings (SSSR count). The van der Waals surface area contributed by atoms with E-state index in [1.54, 1.807) is 6.92 Å². The zero-order valence-electron chi connectivity index (χ0n) is 10.5. The number of aryl methyl sites for hydroxylation is 1. The molecule has 6 nitrogen and oxygen atoms in total. The SMILES string of the molecule is Cc1cnc(-c2noc(C(C)C(=O)C(F)(F)F)n2)nc1. The van der Waals surface area contributed by atoms with Crippen LogP contribution in [0, 0.1) is 6.92 Å². The van der Waals surface area contributed by atoms with Crippen LogP contribution in [0.2, 0.25) is 0 Å². The molecule has 1 unspecified atom stereocenters. The highest BCUT2D eigenvalue weighted by molar-refractivity contribution is 5.89. The maximum absolute atomic E-state index is 12.3. The van der Waals surface area contributed by atoms with Gasteiger partial charge in [-0.25, -0.2) is 9.97 Å². The fourth-order valence-electron chi connectivity index (χ4n) is 1.37. The fourth-order valence-corrected chi connectivity index (χ4v) is 1.37. The molecular weight excluding hydrogens is 277 g/mol. The lowest BCUT2D eigenvalue weighted by atomic mass is 10.1. The lowest BCUT2D eigenvalue weighted by Gasteiger charge is -2.07. The smallest absolute Gasteiger partial charge is 0.338 e. The standard InChI is InChI=1S/C11H9F3N4O2/c1-5-3-15-8(16-4-5)9-17-10(20-18-9)6(2)7(19)11(12,13)14/h3-4,6H,1-2H3. The quantitative estimate of drug-likeness (QED) is 0.859. The van der Waals surface area contributed by atoms with Gasteiger partial charge >= 0.3 is 6.18 Å². The van der Waals surface area contributed by atoms with Gasteiger partial charge in [-0.3, -0.25) is 4.79 Å². The maximum atomic E-state index is 12.3. The molecule has 0 aromatic carbocycles. The molecular formula is C11H9F3N4O2. The number of hydrogen-bond donors (Lipinski definition) is 0. The third-order valence-electron chi connectivity index (χ3n) is 2.47. The Kier molecular flexibility index (Phi) is 3.51. The van der Waals surface area contributed by atoms with Gasteiger partial charge < -0.3 is 4.52 Å². The fraction of sp³-hybridized carbons (Fsp3) is 0.364. The number of carbonyl (C=O) groups excluding carboxylic acids is 1. The molecule has 2 aromatic rings. The Bertz CT molecular complexity index is 621. The number of aromatic nitrogens is 4. The third kappa shape index (κ3) is 2.81. The average Bonchev–Trinajstić information content (AvgIpc) is 2.86. The second kappa shape index (κ2) is 4.99. The van der Waals surface area contributed by atoms with Crippen molar-refractivity contribution in [2.24, 2.45) is 0 Å². The van der Waals surface area contributed by atoms with Crippen LogP contribution in [0.3, 0.4) is 0 Å². The third-order valence-corrected chi connectivity index (χ3v) is 2.47. The number of hydrogen-bond acceptors (Lipinski definition) is 6. The van der Waals surface area contributed by atoms with Gasteiger partial charge in [-0.2, -0.15) is 18.2 Å². The number of nitrogens with zero attached hydrogens (tertiary/aromatic N) is 4. The predicted octanol–water partition coefficient (Wildman–Crippen LogP) is 2.07. The summed E-state index contributed by atoms with van der Waals surface area (Å²) in [5.41, 5.74) is 0.804. The van der Waals surface area contributed by atoms with Gasteiger partial charge in [-0.1, -0.05) is 5.16 Å². The van der Waals surface area contributed by atoms with E-state index in [4.69, 9.17) is 0 Å². The van der Waals surface area contributed by atoms with Crippen molar-refractivity contribution in [3.05, 3.63) is 23.8 Å². The second-order valence-corrected chi connectivity index (χ2v) is 4.12. The van der Waals surface area contributed by atoms with Gasteiger partial charge in [0.1, 0.15) is 5.92 Å². The van der Waals surface area contributed by atoms with Crippen molar-refractivity contribution in [2.75, 3.05) is 0 Å². The summed E-state index contributed by atoms with van der Waals surface area (Å²) < 4.78 is 41.6. The summed E-state index contributed by atoms with van der Waals surface area (Å²) in [6.45, 7) is 2.82. The molecule has 0 N–H and O–H groups in total. The molecule has 0 bridgehead atoms. The Morgan fingerprint density at radius 2 is 1.85 bits per heavy atom. The van der Waals surface area contributed by atoms with Crippen LogP contribution in [0.25, 0.3) is 11.6 Å². The minimum atomic E-state index is -4.95. The van der Waals surface area contributed by atoms with Crippen LogP contribution in [-0.4, -0.2) is 32.1 Å². The molecule has 0 radical (unpaired) electrons. The lowest BCUT2D eigenvalue weighted by Crippen LogP contribution is -2.27. The van der Waals surface area contributed by atoms with Gasteiger partial charge in [0, 0.05) is 12.4 Å². The summed E-state index contributed by atoms with van der Waals surface area (Å²) >= 11 is 0. The summed E-state index contributed by atoms with van der Waals surface area (Å²) in [5.74, 6) is -3.90. The zero-order valence-corrected chi connectivity index (χ0v) is 10.5. The van der Waals surface area contributed by atoms with Gasteiger partial charge in [0.2, 0.25) is 23.3 Å². The van der Waals surface area contributed by atoms with Crippen molar-refractivity contribution in [2.45, 2.75) is 25.9 Å². The van der Waals surface area contributed by atoms with E-state index in [1.807, 2.05) is 0 Å². The maximum Gasteiger partial charge on any atom is 0.450 e. The molecule has 0 spiro atoms. The molecule has 9 heteroatoms. The summed E-state index contributed by atoms with van der Waals surface area (Å²) in [7, 11) is 0. The Hall–Kier alpha value is -2.32. The van der Waals surface area contributed by atoms with Crippen LogP contribution in [0.4, 0.5) is 13.2 Å². The number of carbonyl (C=O) groups is 1. The van der Waals surface area contributed by atoms with Crippen molar-refractivity contribution in [3.63, 3.8) is 0 Å². The largest absolute Gasteiger partial charge is 0.450 e. The van der Waals surface area contributed by atoms with Crippen molar-refractivity contribution in [3.8, 4) is 11.6 Å². The number of rotatable bonds is 3. The summed E-state index contributed by atoms with van der Waals surface area (Å²) in [6, 6.07) is 0. The molecule has 0 saturated carbocycles. The van der Waals surface area contributed by atoms with Crippen LogP contribution >= 0.6 is 0 Å². The Morgan fingerprint density at radius 1 is 1.25 bits per heavy atom. The van der Waals surface area contributed by atoms with Gasteiger partial charge in [-0.15, -0.1) is 0 Å². The topological polar surface area (TPSA) is 81.8 Å². The van der Waals surface area contributed by atoms with Crippen molar-refractivity contribution >= 4 is 5.78 Å². The molecule has 0 saturated heterocycles. The van der Waals surface area contributed by atoms with Crippen LogP contribution < -0.4 is 0 Å². The summed E-state index contributed by atoms with van der Waals surface area (Å²) in [6.07, 6.45) is -1.94. The minimum Gasteiger partial charge on any atom is -0.338 e. The number of halogens is 3. The molecule has 0 aliphatic rings. The van der Waals surface area contributed by atoms with Crippen LogP contribution in [-0.2, 0) is 4.79 Å². The van der Waals surface area contributed by atoms with Gasteiger partial charge in [0.15, 0.2) is 0 Å². The first kappa shape index (κ1) is 14.1. The molecule has 0 fully saturated rings. The second-order valence-electron chi connectivity index (χ2n) is 4.12. The van der Waals surface area contributed by atoms with E-state index in [2.05, 4.69) is 24.6 Å². The number of alkyl halides is 3. The molecule has 0 aliphatic carbocycles. The van der Waals surface area contributed by atoms with E-state index in [0.717, 1.165) is 12.5 Å². The highest BCUT2D eigenvalue weighted by atomic mass is 19.4. The molecule has 20 heavy (non-hydrogen) atoms. The molecule has 2 heterocycles. The normalized spacial score (nSPS) is 13.2. The summed E-state index contributed by atoms with van der Waals surface area (Å²) in [5, 5.41) is 3.47. The predicted molar refractivity (Wildman–Crippen MR) is 59.5 cm³/mol. The van der Waals surface area contributed by atoms with Crippen LogP contribution in [0.15, 0.2) is 16.9 Å². The lowest BCUT2D eigenvalue weighted by molar-refractivity contribution is -0.172. The monoisotopic (exact) mass is 286 g/mol. The number of ketones is 1. The van der Waals surface area contributed by atoms with Gasteiger partial charge in [-0.05, 0) is 19.4 Å². The van der Waals surface area contributed by atoms with Crippen molar-refractivity contribution in [1.82, 2.24) is 20.1 Å². The van der Waals surface area contributed by atoms with Crippen molar-refractivity contribution < 1.29 is 22.5 Å². The Balaban J connectivity index is 2.25. The van der Waals surface area contributed by atoms with E-state index < -0.39 is 23.8 Å². The summed E-state index contributed by atoms with van der Waals surface area (Å²) in [4.78, 5) is 22.6. The highest BCUT2D eigenvalue weighted by Gasteiger charge is 2.44. The Morgan fingerprint density at radius 3 is 2.40 bits per heavy atom. The highest BCUT2D eigenvalue weighted by Crippen LogP contribution is 2.27. The minimum absolute atomic E-state index is 0.0678. The zero-order chi connectivity index (χ0) is 14.9. The van der Waals surface area contributed by atoms with E-state index >= 15 is 0 Å². The average molecular weight is 286 g/mol. The van der Waals surface area contributed by atoms with Crippen LogP contribution in [0.1, 0.15) is 24.3 Å². The molecule has 106 valence electrons. The molecule has 0 aliphatic heterocycles. The first-order valence-electron chi connectivity index (χ1n) is 5.52. The van der Waals surface area contributed by atoms with Crippen LogP contribution in [0.5, 0.6) is 0 Å². The molecule has 1 atom stereocenters. The van der Waals surface area contributed by atoms with E-state index in [0.29, 0.717) is 0 Å². The molecule has 2 aromatic heterocycles. The number of Topliss-reactive ketones (excluding diaryl/α,β-unsaturated/α-hetero) is 1. The van der Waals surface area contributed by atoms with E-state index in [1.165, 1.54) is 12.4 Å². The Labute approximate surface area is 111 Å². The van der Waals surface area contributed by atoms with Crippen molar-refractivity contribution in [1.29, 1.82) is 0 Å². The molecule has 0 amide bonds. The first-order valence-corrected chi connectivity index (χ1v) is 5.52. The van der Waals surface area contributed by atoms with E-state index in [9.17, 15) is 18.0 Å². The van der Waals surface area contributed by atoms with Gasteiger partial charge in [0.25, 0.3) is 0 Å². The first-order chi connectivity index (χ1) is 9.29.